The highest BCUT2D eigenvalue weighted by atomic mass is 32.1. The number of nitrogens with one attached hydrogen (secondary N) is 1. The molecular formula is C12H16N2S2. The average molecular weight is 252 g/mol. The summed E-state index contributed by atoms with van der Waals surface area (Å²) in [6.07, 6.45) is 3.56. The molecule has 0 saturated heterocycles. The van der Waals surface area contributed by atoms with E-state index in [2.05, 4.69) is 24.4 Å². The molecule has 0 saturated carbocycles. The van der Waals surface area contributed by atoms with Crippen molar-refractivity contribution >= 4 is 40.1 Å². The van der Waals surface area contributed by atoms with Gasteiger partial charge in [-0.3, -0.25) is 0 Å². The third-order valence-electron chi connectivity index (χ3n) is 2.25. The van der Waals surface area contributed by atoms with Crippen molar-refractivity contribution in [2.24, 2.45) is 5.73 Å². The van der Waals surface area contributed by atoms with E-state index in [0.717, 1.165) is 12.1 Å². The maximum atomic E-state index is 5.41. The van der Waals surface area contributed by atoms with Gasteiger partial charge in [0.05, 0.1) is 0 Å². The van der Waals surface area contributed by atoms with Gasteiger partial charge in [-0.1, -0.05) is 49.9 Å². The van der Waals surface area contributed by atoms with Crippen molar-refractivity contribution < 1.29 is 0 Å². The Hall–Kier alpha value is -1.00. The molecule has 0 atom stereocenters. The lowest BCUT2D eigenvalue weighted by Crippen LogP contribution is -2.25. The van der Waals surface area contributed by atoms with Crippen LogP contribution in [0.1, 0.15) is 25.3 Å². The van der Waals surface area contributed by atoms with Crippen molar-refractivity contribution in [3.8, 4) is 0 Å². The lowest BCUT2D eigenvalue weighted by Gasteiger charge is -2.07. The molecule has 0 aliphatic carbocycles. The van der Waals surface area contributed by atoms with Gasteiger partial charge in [-0.25, -0.2) is 0 Å². The van der Waals surface area contributed by atoms with Gasteiger partial charge in [0, 0.05) is 5.69 Å². The van der Waals surface area contributed by atoms with Crippen LogP contribution >= 0.6 is 24.4 Å². The number of benzene rings is 1. The number of unbranched alkanes of at least 4 members (excludes halogenated alkanes) is 1. The van der Waals surface area contributed by atoms with E-state index in [1.807, 2.05) is 12.1 Å². The fraction of sp³-hybridized carbons (Fsp3) is 0.333. The minimum absolute atomic E-state index is 0.227. The van der Waals surface area contributed by atoms with Crippen LogP contribution in [0.15, 0.2) is 24.3 Å². The second-order valence-electron chi connectivity index (χ2n) is 3.62. The lowest BCUT2D eigenvalue weighted by atomic mass is 10.1. The second kappa shape index (κ2) is 6.55. The molecule has 0 aliphatic heterocycles. The zero-order chi connectivity index (χ0) is 12.0. The summed E-state index contributed by atoms with van der Waals surface area (Å²) in [5, 5.41) is 2.99. The first-order valence-corrected chi connectivity index (χ1v) is 6.15. The Morgan fingerprint density at radius 1 is 1.25 bits per heavy atom. The molecule has 0 aromatic heterocycles. The van der Waals surface area contributed by atoms with Crippen molar-refractivity contribution in [2.45, 2.75) is 26.2 Å². The van der Waals surface area contributed by atoms with Gasteiger partial charge in [-0.05, 0) is 30.5 Å². The summed E-state index contributed by atoms with van der Waals surface area (Å²) >= 11 is 9.76. The van der Waals surface area contributed by atoms with E-state index < -0.39 is 0 Å². The Kier molecular flexibility index (Phi) is 5.35. The summed E-state index contributed by atoms with van der Waals surface area (Å²) in [5.74, 6) is 0. The number of aryl methyl sites for hydroxylation is 1. The number of rotatable bonds is 4. The first kappa shape index (κ1) is 13.1. The maximum absolute atomic E-state index is 5.41. The van der Waals surface area contributed by atoms with Gasteiger partial charge >= 0.3 is 0 Å². The summed E-state index contributed by atoms with van der Waals surface area (Å²) in [5.41, 5.74) is 7.68. The van der Waals surface area contributed by atoms with Gasteiger partial charge < -0.3 is 11.1 Å². The van der Waals surface area contributed by atoms with Crippen LogP contribution in [-0.4, -0.2) is 9.98 Å². The monoisotopic (exact) mass is 252 g/mol. The van der Waals surface area contributed by atoms with Crippen LogP contribution in [0.3, 0.4) is 0 Å². The minimum Gasteiger partial charge on any atom is -0.388 e. The van der Waals surface area contributed by atoms with Gasteiger partial charge in [0.15, 0.2) is 0 Å². The molecule has 1 aromatic carbocycles. The Morgan fingerprint density at radius 2 is 1.88 bits per heavy atom. The molecule has 0 bridgehead atoms. The predicted octanol–water partition coefficient (Wildman–Crippen LogP) is 3.05. The Balaban J connectivity index is 2.57. The minimum atomic E-state index is 0.227. The standard InChI is InChI=1S/C12H16N2S2/c1-2-3-4-9-5-7-10(8-6-9)14-12(16)11(13)15/h5-8H,2-4H2,1H3,(H2,13,15)(H,14,16). The van der Waals surface area contributed by atoms with Gasteiger partial charge in [-0.15, -0.1) is 0 Å². The third-order valence-corrected chi connectivity index (χ3v) is 2.91. The Labute approximate surface area is 107 Å². The van der Waals surface area contributed by atoms with Crippen LogP contribution in [0.4, 0.5) is 5.69 Å². The molecule has 3 N–H and O–H groups in total. The van der Waals surface area contributed by atoms with Crippen molar-refractivity contribution in [3.05, 3.63) is 29.8 Å². The van der Waals surface area contributed by atoms with Gasteiger partial charge in [0.1, 0.15) is 9.98 Å². The highest BCUT2D eigenvalue weighted by Crippen LogP contribution is 2.11. The molecule has 86 valence electrons. The predicted molar refractivity (Wildman–Crippen MR) is 78.1 cm³/mol. The van der Waals surface area contributed by atoms with E-state index in [1.54, 1.807) is 0 Å². The summed E-state index contributed by atoms with van der Waals surface area (Å²) in [7, 11) is 0. The molecule has 1 aromatic rings. The highest BCUT2D eigenvalue weighted by molar-refractivity contribution is 7.89. The Morgan fingerprint density at radius 3 is 2.38 bits per heavy atom. The van der Waals surface area contributed by atoms with E-state index in [-0.39, 0.29) is 4.99 Å². The average Bonchev–Trinajstić information content (AvgIpc) is 2.28. The molecule has 1 rings (SSSR count). The van der Waals surface area contributed by atoms with E-state index in [0.29, 0.717) is 4.99 Å². The van der Waals surface area contributed by atoms with E-state index in [4.69, 9.17) is 30.2 Å². The van der Waals surface area contributed by atoms with Crippen molar-refractivity contribution in [1.29, 1.82) is 0 Å². The van der Waals surface area contributed by atoms with Crippen LogP contribution in [0, 0.1) is 0 Å². The smallest absolute Gasteiger partial charge is 0.138 e. The molecule has 0 unspecified atom stereocenters. The highest BCUT2D eigenvalue weighted by Gasteiger charge is 2.00. The number of nitrogens with two attached hydrogens (primary N) is 1. The lowest BCUT2D eigenvalue weighted by molar-refractivity contribution is 0.795. The number of anilines is 1. The third kappa shape index (κ3) is 4.24. The normalized spacial score (nSPS) is 9.81. The molecule has 0 heterocycles. The number of hydrogen-bond donors (Lipinski definition) is 2. The molecule has 0 aliphatic rings. The molecule has 0 spiro atoms. The molecular weight excluding hydrogens is 236 g/mol. The summed E-state index contributed by atoms with van der Waals surface area (Å²) in [4.78, 5) is 0.640. The fourth-order valence-corrected chi connectivity index (χ4v) is 1.50. The quantitative estimate of drug-likeness (QED) is 0.808. The van der Waals surface area contributed by atoms with E-state index >= 15 is 0 Å². The van der Waals surface area contributed by atoms with E-state index in [9.17, 15) is 0 Å². The molecule has 0 amide bonds. The number of hydrogen-bond acceptors (Lipinski definition) is 2. The fourth-order valence-electron chi connectivity index (χ4n) is 1.33. The van der Waals surface area contributed by atoms with Crippen LogP contribution in [0.25, 0.3) is 0 Å². The van der Waals surface area contributed by atoms with Gasteiger partial charge in [0.25, 0.3) is 0 Å². The topological polar surface area (TPSA) is 38.0 Å². The summed E-state index contributed by atoms with van der Waals surface area (Å²) in [6, 6.07) is 8.19. The van der Waals surface area contributed by atoms with Crippen molar-refractivity contribution in [1.82, 2.24) is 0 Å². The maximum Gasteiger partial charge on any atom is 0.138 e. The molecule has 4 heteroatoms. The van der Waals surface area contributed by atoms with E-state index in [1.165, 1.54) is 18.4 Å². The van der Waals surface area contributed by atoms with Crippen LogP contribution < -0.4 is 11.1 Å². The van der Waals surface area contributed by atoms with Crippen molar-refractivity contribution in [3.63, 3.8) is 0 Å². The zero-order valence-corrected chi connectivity index (χ0v) is 11.0. The van der Waals surface area contributed by atoms with Crippen LogP contribution in [-0.2, 0) is 6.42 Å². The molecule has 0 fully saturated rings. The zero-order valence-electron chi connectivity index (χ0n) is 9.32. The summed E-state index contributed by atoms with van der Waals surface area (Å²) in [6.45, 7) is 2.19. The number of thiocarbonyl (C=S) groups is 2. The van der Waals surface area contributed by atoms with Crippen LogP contribution in [0.5, 0.6) is 0 Å². The molecule has 0 radical (unpaired) electrons. The Bertz CT molecular complexity index is 371. The second-order valence-corrected chi connectivity index (χ2v) is 4.47. The molecule has 2 nitrogen and oxygen atoms in total. The first-order valence-electron chi connectivity index (χ1n) is 5.33. The summed E-state index contributed by atoms with van der Waals surface area (Å²) < 4.78 is 0. The van der Waals surface area contributed by atoms with Crippen molar-refractivity contribution in [2.75, 3.05) is 5.32 Å². The van der Waals surface area contributed by atoms with Gasteiger partial charge in [0.2, 0.25) is 0 Å². The van der Waals surface area contributed by atoms with Gasteiger partial charge in [-0.2, -0.15) is 0 Å². The molecule has 16 heavy (non-hydrogen) atoms. The van der Waals surface area contributed by atoms with Crippen LogP contribution in [0.2, 0.25) is 0 Å². The first-order chi connectivity index (χ1) is 7.63. The largest absolute Gasteiger partial charge is 0.388 e. The SMILES string of the molecule is CCCCc1ccc(NC(=S)C(N)=S)cc1.